The molecule has 0 spiro atoms. The molecule has 0 atom stereocenters. The van der Waals surface area contributed by atoms with Crippen molar-refractivity contribution in [3.63, 3.8) is 0 Å². The van der Waals surface area contributed by atoms with Crippen molar-refractivity contribution in [1.82, 2.24) is 0 Å². The van der Waals surface area contributed by atoms with E-state index in [4.69, 9.17) is 10.5 Å². The standard InChI is InChI=1S/C11H17NO3S/c1-3-16(13,14)8-10-6-9(7-12)4-5-11(10)15-2/h4-6H,3,7-8,12H2,1-2H3. The first-order valence-corrected chi connectivity index (χ1v) is 6.90. The predicted octanol–water partition coefficient (Wildman–Crippen LogP) is 1.09. The van der Waals surface area contributed by atoms with Crippen molar-refractivity contribution in [2.75, 3.05) is 12.9 Å². The van der Waals surface area contributed by atoms with E-state index in [0.717, 1.165) is 5.56 Å². The van der Waals surface area contributed by atoms with Crippen LogP contribution in [-0.4, -0.2) is 21.3 Å². The summed E-state index contributed by atoms with van der Waals surface area (Å²) in [5.41, 5.74) is 7.09. The van der Waals surface area contributed by atoms with E-state index < -0.39 is 9.84 Å². The van der Waals surface area contributed by atoms with Gasteiger partial charge in [0.15, 0.2) is 9.84 Å². The SMILES string of the molecule is CCS(=O)(=O)Cc1cc(CN)ccc1OC. The van der Waals surface area contributed by atoms with Crippen LogP contribution < -0.4 is 10.5 Å². The monoisotopic (exact) mass is 243 g/mol. The molecular formula is C11H17NO3S. The molecule has 1 aromatic rings. The third-order valence-electron chi connectivity index (χ3n) is 2.40. The molecule has 0 unspecified atom stereocenters. The van der Waals surface area contributed by atoms with Gasteiger partial charge in [-0.25, -0.2) is 8.42 Å². The summed E-state index contributed by atoms with van der Waals surface area (Å²) in [6, 6.07) is 5.37. The fraction of sp³-hybridized carbons (Fsp3) is 0.455. The molecule has 0 aromatic heterocycles. The van der Waals surface area contributed by atoms with Crippen molar-refractivity contribution in [2.45, 2.75) is 19.2 Å². The van der Waals surface area contributed by atoms with Crippen molar-refractivity contribution in [3.8, 4) is 5.75 Å². The minimum Gasteiger partial charge on any atom is -0.496 e. The fourth-order valence-corrected chi connectivity index (χ4v) is 2.31. The van der Waals surface area contributed by atoms with Crippen LogP contribution in [0.4, 0.5) is 0 Å². The van der Waals surface area contributed by atoms with Crippen LogP contribution >= 0.6 is 0 Å². The van der Waals surface area contributed by atoms with E-state index in [9.17, 15) is 8.42 Å². The van der Waals surface area contributed by atoms with Gasteiger partial charge in [0.05, 0.1) is 12.9 Å². The highest BCUT2D eigenvalue weighted by Gasteiger charge is 2.13. The Morgan fingerprint density at radius 2 is 2.06 bits per heavy atom. The lowest BCUT2D eigenvalue weighted by Crippen LogP contribution is -2.08. The summed E-state index contributed by atoms with van der Waals surface area (Å²) in [5, 5.41) is 0. The second-order valence-electron chi connectivity index (χ2n) is 3.53. The van der Waals surface area contributed by atoms with Gasteiger partial charge in [0, 0.05) is 17.9 Å². The van der Waals surface area contributed by atoms with Crippen LogP contribution in [0.2, 0.25) is 0 Å². The van der Waals surface area contributed by atoms with Gasteiger partial charge in [-0.2, -0.15) is 0 Å². The number of sulfone groups is 1. The number of methoxy groups -OCH3 is 1. The maximum atomic E-state index is 11.5. The van der Waals surface area contributed by atoms with Crippen LogP contribution in [0.25, 0.3) is 0 Å². The molecule has 0 fully saturated rings. The Labute approximate surface area is 96.3 Å². The molecule has 16 heavy (non-hydrogen) atoms. The van der Waals surface area contributed by atoms with E-state index in [1.54, 1.807) is 19.1 Å². The van der Waals surface area contributed by atoms with Gasteiger partial charge in [0.2, 0.25) is 0 Å². The van der Waals surface area contributed by atoms with Gasteiger partial charge in [-0.1, -0.05) is 13.0 Å². The lowest BCUT2D eigenvalue weighted by atomic mass is 10.1. The van der Waals surface area contributed by atoms with E-state index in [0.29, 0.717) is 17.9 Å². The van der Waals surface area contributed by atoms with Crippen LogP contribution in [0, 0.1) is 0 Å². The fourth-order valence-electron chi connectivity index (χ4n) is 1.41. The van der Waals surface area contributed by atoms with Gasteiger partial charge in [0.25, 0.3) is 0 Å². The Hall–Kier alpha value is -1.07. The molecule has 1 aromatic carbocycles. The van der Waals surface area contributed by atoms with Gasteiger partial charge in [-0.05, 0) is 17.7 Å². The van der Waals surface area contributed by atoms with Crippen molar-refractivity contribution < 1.29 is 13.2 Å². The maximum Gasteiger partial charge on any atom is 0.154 e. The van der Waals surface area contributed by atoms with Gasteiger partial charge >= 0.3 is 0 Å². The zero-order valence-corrected chi connectivity index (χ0v) is 10.4. The molecule has 1 rings (SSSR count). The highest BCUT2D eigenvalue weighted by molar-refractivity contribution is 7.90. The lowest BCUT2D eigenvalue weighted by Gasteiger charge is -2.10. The van der Waals surface area contributed by atoms with E-state index in [1.807, 2.05) is 6.07 Å². The minimum atomic E-state index is -3.05. The highest BCUT2D eigenvalue weighted by atomic mass is 32.2. The first kappa shape index (κ1) is 13.0. The zero-order chi connectivity index (χ0) is 12.2. The largest absolute Gasteiger partial charge is 0.496 e. The van der Waals surface area contributed by atoms with E-state index in [1.165, 1.54) is 7.11 Å². The lowest BCUT2D eigenvalue weighted by molar-refractivity contribution is 0.411. The Kier molecular flexibility index (Phi) is 4.32. The average molecular weight is 243 g/mol. The molecule has 0 aliphatic rings. The number of nitrogens with two attached hydrogens (primary N) is 1. The average Bonchev–Trinajstić information content (AvgIpc) is 2.28. The summed E-state index contributed by atoms with van der Waals surface area (Å²) < 4.78 is 28.2. The van der Waals surface area contributed by atoms with E-state index >= 15 is 0 Å². The molecule has 0 radical (unpaired) electrons. The molecule has 4 nitrogen and oxygen atoms in total. The number of hydrogen-bond donors (Lipinski definition) is 1. The van der Waals surface area contributed by atoms with Crippen LogP contribution in [0.3, 0.4) is 0 Å². The number of hydrogen-bond acceptors (Lipinski definition) is 4. The molecule has 0 heterocycles. The van der Waals surface area contributed by atoms with Crippen LogP contribution in [0.5, 0.6) is 5.75 Å². The van der Waals surface area contributed by atoms with Crippen molar-refractivity contribution in [2.24, 2.45) is 5.73 Å². The second-order valence-corrected chi connectivity index (χ2v) is 5.88. The minimum absolute atomic E-state index is 0.000509. The topological polar surface area (TPSA) is 69.4 Å². The summed E-state index contributed by atoms with van der Waals surface area (Å²) in [4.78, 5) is 0. The zero-order valence-electron chi connectivity index (χ0n) is 9.56. The molecule has 0 aliphatic heterocycles. The van der Waals surface area contributed by atoms with Gasteiger partial charge in [0.1, 0.15) is 5.75 Å². The molecular weight excluding hydrogens is 226 g/mol. The first-order chi connectivity index (χ1) is 7.52. The predicted molar refractivity (Wildman–Crippen MR) is 64.1 cm³/mol. The molecule has 0 saturated heterocycles. The Morgan fingerprint density at radius 1 is 1.38 bits per heavy atom. The quantitative estimate of drug-likeness (QED) is 0.840. The maximum absolute atomic E-state index is 11.5. The summed E-state index contributed by atoms with van der Waals surface area (Å²) >= 11 is 0. The smallest absolute Gasteiger partial charge is 0.154 e. The summed E-state index contributed by atoms with van der Waals surface area (Å²) in [6.07, 6.45) is 0. The second kappa shape index (κ2) is 5.32. The summed E-state index contributed by atoms with van der Waals surface area (Å²) in [6.45, 7) is 2.03. The van der Waals surface area contributed by atoms with Crippen molar-refractivity contribution in [1.29, 1.82) is 0 Å². The van der Waals surface area contributed by atoms with E-state index in [-0.39, 0.29) is 11.5 Å². The summed E-state index contributed by atoms with van der Waals surface area (Å²) in [5.74, 6) is 0.720. The van der Waals surface area contributed by atoms with Crippen LogP contribution in [0.15, 0.2) is 18.2 Å². The molecule has 0 aliphatic carbocycles. The van der Waals surface area contributed by atoms with Crippen molar-refractivity contribution >= 4 is 9.84 Å². The van der Waals surface area contributed by atoms with Crippen LogP contribution in [0.1, 0.15) is 18.1 Å². The first-order valence-electron chi connectivity index (χ1n) is 5.08. The molecule has 2 N–H and O–H groups in total. The molecule has 0 saturated carbocycles. The Bertz CT molecular complexity index is 454. The van der Waals surface area contributed by atoms with Crippen LogP contribution in [-0.2, 0) is 22.1 Å². The molecule has 0 amide bonds. The van der Waals surface area contributed by atoms with E-state index in [2.05, 4.69) is 0 Å². The van der Waals surface area contributed by atoms with Gasteiger partial charge in [-0.3, -0.25) is 0 Å². The van der Waals surface area contributed by atoms with Gasteiger partial charge in [-0.15, -0.1) is 0 Å². The molecule has 90 valence electrons. The number of ether oxygens (including phenoxy) is 1. The molecule has 5 heteroatoms. The third-order valence-corrected chi connectivity index (χ3v) is 4.03. The number of benzene rings is 1. The third kappa shape index (κ3) is 3.21. The van der Waals surface area contributed by atoms with Crippen molar-refractivity contribution in [3.05, 3.63) is 29.3 Å². The van der Waals surface area contributed by atoms with Gasteiger partial charge < -0.3 is 10.5 Å². The normalized spacial score (nSPS) is 11.4. The Balaban J connectivity index is 3.10. The highest BCUT2D eigenvalue weighted by Crippen LogP contribution is 2.22. The Morgan fingerprint density at radius 3 is 2.56 bits per heavy atom. The number of rotatable bonds is 5. The summed E-state index contributed by atoms with van der Waals surface area (Å²) in [7, 11) is -1.52. The molecule has 0 bridgehead atoms.